The number of fused-ring (bicyclic) bond motifs is 3. The number of methoxy groups -OCH3 is 4. The summed E-state index contributed by atoms with van der Waals surface area (Å²) in [5, 5.41) is 12.0. The third-order valence-corrected chi connectivity index (χ3v) is 8.46. The van der Waals surface area contributed by atoms with Crippen molar-refractivity contribution in [3.63, 3.8) is 0 Å². The fourth-order valence-electron chi connectivity index (χ4n) is 6.28. The van der Waals surface area contributed by atoms with E-state index in [4.69, 9.17) is 52.1 Å². The Morgan fingerprint density at radius 2 is 1.59 bits per heavy atom. The van der Waals surface area contributed by atoms with Crippen molar-refractivity contribution in [2.75, 3.05) is 55.1 Å². The molecule has 2 fully saturated rings. The Morgan fingerprint density at radius 3 is 2.34 bits per heavy atom. The van der Waals surface area contributed by atoms with E-state index in [-0.39, 0.29) is 37.6 Å². The molecule has 12 heteroatoms. The van der Waals surface area contributed by atoms with Crippen LogP contribution in [0.5, 0.6) is 46.0 Å². The van der Waals surface area contributed by atoms with Crippen molar-refractivity contribution in [1.82, 2.24) is 0 Å². The van der Waals surface area contributed by atoms with Crippen LogP contribution in [0, 0.1) is 5.92 Å². The number of ether oxygens (including phenoxy) is 11. The van der Waals surface area contributed by atoms with E-state index in [1.54, 1.807) is 26.4 Å². The monoisotopic (exact) mass is 610 g/mol. The first-order chi connectivity index (χ1) is 21.5. The molecule has 3 aromatic rings. The van der Waals surface area contributed by atoms with Crippen LogP contribution in [0.2, 0.25) is 0 Å². The average Bonchev–Trinajstić information content (AvgIpc) is 3.74. The Balaban J connectivity index is 1.17. The van der Waals surface area contributed by atoms with Crippen LogP contribution in [0.1, 0.15) is 23.3 Å². The molecule has 0 amide bonds. The molecule has 1 N–H and O–H groups in total. The van der Waals surface area contributed by atoms with Crippen LogP contribution < -0.4 is 37.9 Å². The van der Waals surface area contributed by atoms with Crippen LogP contribution in [0.15, 0.2) is 48.5 Å². The van der Waals surface area contributed by atoms with Gasteiger partial charge in [0.15, 0.2) is 40.8 Å². The lowest BCUT2D eigenvalue weighted by Gasteiger charge is -2.35. The third kappa shape index (κ3) is 4.60. The molecular formula is C32H34O12. The minimum absolute atomic E-state index is 0.0379. The van der Waals surface area contributed by atoms with E-state index < -0.39 is 30.0 Å². The van der Waals surface area contributed by atoms with E-state index in [0.29, 0.717) is 46.7 Å². The van der Waals surface area contributed by atoms with Gasteiger partial charge in [0.05, 0.1) is 53.2 Å². The van der Waals surface area contributed by atoms with Gasteiger partial charge >= 0.3 is 0 Å². The van der Waals surface area contributed by atoms with E-state index >= 15 is 0 Å². The van der Waals surface area contributed by atoms with Crippen molar-refractivity contribution >= 4 is 0 Å². The van der Waals surface area contributed by atoms with Crippen LogP contribution >= 0.6 is 0 Å². The quantitative estimate of drug-likeness (QED) is 0.379. The highest BCUT2D eigenvalue weighted by Crippen LogP contribution is 2.56. The molecule has 4 aliphatic rings. The number of rotatable bonds is 9. The zero-order chi connectivity index (χ0) is 30.4. The molecule has 0 aromatic heterocycles. The molecule has 234 valence electrons. The van der Waals surface area contributed by atoms with E-state index in [1.165, 1.54) is 14.2 Å². The number of hydrogen-bond donors (Lipinski definition) is 1. The summed E-state index contributed by atoms with van der Waals surface area (Å²) < 4.78 is 64.9. The molecule has 4 aliphatic heterocycles. The Bertz CT molecular complexity index is 1510. The van der Waals surface area contributed by atoms with E-state index in [2.05, 4.69) is 0 Å². The molecule has 0 spiro atoms. The second kappa shape index (κ2) is 11.4. The molecule has 0 radical (unpaired) electrons. The first-order valence-corrected chi connectivity index (χ1v) is 14.2. The van der Waals surface area contributed by atoms with Gasteiger partial charge in [0, 0.05) is 24.8 Å². The van der Waals surface area contributed by atoms with Gasteiger partial charge in [0.1, 0.15) is 5.75 Å². The van der Waals surface area contributed by atoms with Gasteiger partial charge in [-0.25, -0.2) is 0 Å². The van der Waals surface area contributed by atoms with Crippen molar-refractivity contribution < 1.29 is 57.2 Å². The molecule has 7 rings (SSSR count). The SMILES string of the molecule is COC[C@H]1Oc2cc([C@@H]3OC[C@@]4(O)[C@H](Oc5c(OC)cc6c(c5OC)OCO6)OC[C@@H]34)c(OC)cc2O[C@@H]1c1ccccc1. The first-order valence-electron chi connectivity index (χ1n) is 14.2. The van der Waals surface area contributed by atoms with Crippen molar-refractivity contribution in [3.8, 4) is 46.0 Å². The lowest BCUT2D eigenvalue weighted by molar-refractivity contribution is -0.153. The molecule has 4 heterocycles. The van der Waals surface area contributed by atoms with Crippen molar-refractivity contribution in [2.24, 2.45) is 5.92 Å². The molecule has 0 unspecified atom stereocenters. The third-order valence-electron chi connectivity index (χ3n) is 8.46. The van der Waals surface area contributed by atoms with E-state index in [0.717, 1.165) is 5.56 Å². The van der Waals surface area contributed by atoms with Gasteiger partial charge in [-0.15, -0.1) is 0 Å². The molecule has 44 heavy (non-hydrogen) atoms. The molecule has 0 saturated carbocycles. The number of hydrogen-bond acceptors (Lipinski definition) is 12. The summed E-state index contributed by atoms with van der Waals surface area (Å²) in [6.45, 7) is 0.460. The van der Waals surface area contributed by atoms with Crippen LogP contribution in [-0.4, -0.2) is 78.2 Å². The highest BCUT2D eigenvalue weighted by Gasteiger charge is 2.61. The standard InChI is InChI=1S/C32H34O12/c1-34-14-25-26(17-8-6-5-7-9-17)43-22-11-20(35-2)18(10-21(22)42-25)27-19-13-38-31(32(19,33)15-39-27)44-29-23(36-3)12-24-28(30(29)37-4)41-16-40-24/h5-12,19,25-27,31,33H,13-16H2,1-4H3/t19-,25+,26+,27-,31-,32-/m0/s1. The summed E-state index contributed by atoms with van der Waals surface area (Å²) in [6, 6.07) is 15.1. The predicted octanol–water partition coefficient (Wildman–Crippen LogP) is 3.82. The molecule has 0 bridgehead atoms. The fraction of sp³-hybridized carbons (Fsp3) is 0.438. The second-order valence-electron chi connectivity index (χ2n) is 10.9. The van der Waals surface area contributed by atoms with Gasteiger partial charge in [-0.2, -0.15) is 0 Å². The largest absolute Gasteiger partial charge is 0.496 e. The minimum atomic E-state index is -1.51. The summed E-state index contributed by atoms with van der Waals surface area (Å²) in [5.41, 5.74) is 0.150. The molecular weight excluding hydrogens is 576 g/mol. The van der Waals surface area contributed by atoms with Crippen LogP contribution in [0.25, 0.3) is 0 Å². The summed E-state index contributed by atoms with van der Waals surface area (Å²) in [7, 11) is 6.19. The molecule has 0 aliphatic carbocycles. The smallest absolute Gasteiger partial charge is 0.232 e. The minimum Gasteiger partial charge on any atom is -0.496 e. The average molecular weight is 611 g/mol. The zero-order valence-corrected chi connectivity index (χ0v) is 24.8. The normalized spacial score (nSPS) is 28.0. The molecule has 3 aromatic carbocycles. The van der Waals surface area contributed by atoms with Gasteiger partial charge in [-0.05, 0) is 11.6 Å². The predicted molar refractivity (Wildman–Crippen MR) is 152 cm³/mol. The maximum atomic E-state index is 12.0. The topological polar surface area (TPSA) is 122 Å². The Kier molecular flexibility index (Phi) is 7.45. The molecule has 2 saturated heterocycles. The summed E-state index contributed by atoms with van der Waals surface area (Å²) in [5.74, 6) is 2.77. The van der Waals surface area contributed by atoms with Crippen LogP contribution in [0.4, 0.5) is 0 Å². The van der Waals surface area contributed by atoms with Crippen molar-refractivity contribution in [3.05, 3.63) is 59.7 Å². The Hall–Kier alpha value is -4.10. The van der Waals surface area contributed by atoms with Gasteiger partial charge in [-0.1, -0.05) is 30.3 Å². The number of aliphatic hydroxyl groups is 1. The number of benzene rings is 3. The fourth-order valence-corrected chi connectivity index (χ4v) is 6.28. The van der Waals surface area contributed by atoms with Gasteiger partial charge < -0.3 is 57.2 Å². The summed E-state index contributed by atoms with van der Waals surface area (Å²) in [4.78, 5) is 0. The van der Waals surface area contributed by atoms with E-state index in [9.17, 15) is 5.11 Å². The van der Waals surface area contributed by atoms with Crippen molar-refractivity contribution in [2.45, 2.75) is 30.2 Å². The van der Waals surface area contributed by atoms with Gasteiger partial charge in [-0.3, -0.25) is 0 Å². The van der Waals surface area contributed by atoms with Gasteiger partial charge in [0.25, 0.3) is 0 Å². The highest BCUT2D eigenvalue weighted by atomic mass is 16.7. The highest BCUT2D eigenvalue weighted by molar-refractivity contribution is 5.66. The lowest BCUT2D eigenvalue weighted by Crippen LogP contribution is -2.47. The first kappa shape index (κ1) is 28.7. The summed E-state index contributed by atoms with van der Waals surface area (Å²) in [6.07, 6.45) is -2.46. The van der Waals surface area contributed by atoms with Crippen LogP contribution in [-0.2, 0) is 14.2 Å². The van der Waals surface area contributed by atoms with Crippen molar-refractivity contribution in [1.29, 1.82) is 0 Å². The van der Waals surface area contributed by atoms with Crippen LogP contribution in [0.3, 0.4) is 0 Å². The molecule has 6 atom stereocenters. The van der Waals surface area contributed by atoms with Gasteiger partial charge in [0.2, 0.25) is 30.3 Å². The maximum Gasteiger partial charge on any atom is 0.232 e. The maximum absolute atomic E-state index is 12.0. The summed E-state index contributed by atoms with van der Waals surface area (Å²) >= 11 is 0. The zero-order valence-electron chi connectivity index (χ0n) is 24.8. The second-order valence-corrected chi connectivity index (χ2v) is 10.9. The Morgan fingerprint density at radius 1 is 0.818 bits per heavy atom. The Labute approximate surface area is 254 Å². The molecule has 12 nitrogen and oxygen atoms in total. The van der Waals surface area contributed by atoms with E-state index in [1.807, 2.05) is 36.4 Å². The lowest BCUT2D eigenvalue weighted by atomic mass is 9.85.